The van der Waals surface area contributed by atoms with E-state index < -0.39 is 24.0 Å². The lowest BCUT2D eigenvalue weighted by Crippen LogP contribution is -2.25. The summed E-state index contributed by atoms with van der Waals surface area (Å²) in [5.41, 5.74) is 0.210. The van der Waals surface area contributed by atoms with Crippen molar-refractivity contribution in [3.63, 3.8) is 0 Å². The molecule has 0 aromatic heterocycles. The highest BCUT2D eigenvalue weighted by Crippen LogP contribution is 1.98. The first-order valence-corrected chi connectivity index (χ1v) is 5.60. The SMILES string of the molecule is C=C(C)C(=O)OCC(O)COC(=O)CCC(=O)OC. The van der Waals surface area contributed by atoms with Gasteiger partial charge in [0.25, 0.3) is 0 Å². The standard InChI is InChI=1S/C12H18O7/c1-8(2)12(16)19-7-9(13)6-18-11(15)5-4-10(14)17-3/h9,13H,1,4-7H2,2-3H3. The lowest BCUT2D eigenvalue weighted by molar-refractivity contribution is -0.153. The first-order chi connectivity index (χ1) is 8.86. The highest BCUT2D eigenvalue weighted by Gasteiger charge is 2.13. The molecule has 0 aliphatic carbocycles. The third kappa shape index (κ3) is 8.78. The van der Waals surface area contributed by atoms with Crippen molar-refractivity contribution in [3.05, 3.63) is 12.2 Å². The zero-order chi connectivity index (χ0) is 14.8. The molecule has 0 fully saturated rings. The first-order valence-electron chi connectivity index (χ1n) is 5.60. The quantitative estimate of drug-likeness (QED) is 0.376. The molecule has 7 nitrogen and oxygen atoms in total. The van der Waals surface area contributed by atoms with E-state index >= 15 is 0 Å². The average molecular weight is 274 g/mol. The van der Waals surface area contributed by atoms with Crippen LogP contribution in [0.3, 0.4) is 0 Å². The molecule has 1 atom stereocenters. The second-order valence-electron chi connectivity index (χ2n) is 3.79. The lowest BCUT2D eigenvalue weighted by atomic mass is 10.3. The van der Waals surface area contributed by atoms with E-state index in [0.29, 0.717) is 0 Å². The summed E-state index contributed by atoms with van der Waals surface area (Å²) in [5.74, 6) is -1.79. The lowest BCUT2D eigenvalue weighted by Gasteiger charge is -2.11. The predicted octanol–water partition coefficient (Wildman–Crippen LogP) is -0.0370. The van der Waals surface area contributed by atoms with E-state index in [2.05, 4.69) is 20.8 Å². The van der Waals surface area contributed by atoms with Crippen molar-refractivity contribution in [1.29, 1.82) is 0 Å². The molecule has 7 heteroatoms. The molecule has 0 heterocycles. The van der Waals surface area contributed by atoms with E-state index in [1.165, 1.54) is 14.0 Å². The van der Waals surface area contributed by atoms with Crippen LogP contribution in [0.25, 0.3) is 0 Å². The van der Waals surface area contributed by atoms with Crippen LogP contribution in [0.1, 0.15) is 19.8 Å². The Labute approximate surface area is 111 Å². The molecule has 0 amide bonds. The first kappa shape index (κ1) is 17.1. The smallest absolute Gasteiger partial charge is 0.333 e. The average Bonchev–Trinajstić information content (AvgIpc) is 2.39. The zero-order valence-electron chi connectivity index (χ0n) is 11.0. The van der Waals surface area contributed by atoms with Crippen LogP contribution >= 0.6 is 0 Å². The number of carbonyl (C=O) groups is 3. The maximum atomic E-state index is 11.2. The third-order valence-corrected chi connectivity index (χ3v) is 1.95. The summed E-state index contributed by atoms with van der Waals surface area (Å²) in [5, 5.41) is 9.38. The summed E-state index contributed by atoms with van der Waals surface area (Å²) < 4.78 is 13.7. The molecule has 0 saturated heterocycles. The minimum Gasteiger partial charge on any atom is -0.469 e. The van der Waals surface area contributed by atoms with Gasteiger partial charge in [-0.15, -0.1) is 0 Å². The summed E-state index contributed by atoms with van der Waals surface area (Å²) in [6.45, 7) is 4.23. The van der Waals surface area contributed by atoms with Crippen LogP contribution in [0.4, 0.5) is 0 Å². The molecule has 0 bridgehead atoms. The van der Waals surface area contributed by atoms with Crippen LogP contribution in [0, 0.1) is 0 Å². The maximum Gasteiger partial charge on any atom is 0.333 e. The molecule has 1 N–H and O–H groups in total. The Hall–Kier alpha value is -1.89. The van der Waals surface area contributed by atoms with Gasteiger partial charge in [-0.25, -0.2) is 4.79 Å². The summed E-state index contributed by atoms with van der Waals surface area (Å²) in [6.07, 6.45) is -1.34. The van der Waals surface area contributed by atoms with Crippen LogP contribution in [0.15, 0.2) is 12.2 Å². The fraction of sp³-hybridized carbons (Fsp3) is 0.583. The number of aliphatic hydroxyl groups excluding tert-OH is 1. The number of rotatable bonds is 8. The number of esters is 3. The van der Waals surface area contributed by atoms with Gasteiger partial charge in [0.15, 0.2) is 0 Å². The van der Waals surface area contributed by atoms with Crippen molar-refractivity contribution >= 4 is 17.9 Å². The van der Waals surface area contributed by atoms with Crippen molar-refractivity contribution < 1.29 is 33.7 Å². The topological polar surface area (TPSA) is 99.1 Å². The van der Waals surface area contributed by atoms with Gasteiger partial charge in [-0.05, 0) is 6.92 Å². The minimum atomic E-state index is -1.12. The summed E-state index contributed by atoms with van der Waals surface area (Å²) in [7, 11) is 1.22. The van der Waals surface area contributed by atoms with E-state index in [0.717, 1.165) is 0 Å². The van der Waals surface area contributed by atoms with Gasteiger partial charge in [0.1, 0.15) is 19.3 Å². The molecule has 0 radical (unpaired) electrons. The Kier molecular flexibility index (Phi) is 8.19. The second-order valence-corrected chi connectivity index (χ2v) is 3.79. The summed E-state index contributed by atoms with van der Waals surface area (Å²) in [4.78, 5) is 32.9. The molecule has 0 spiro atoms. The number of methoxy groups -OCH3 is 1. The second kappa shape index (κ2) is 9.09. The van der Waals surface area contributed by atoms with Crippen LogP contribution < -0.4 is 0 Å². The Morgan fingerprint density at radius 2 is 1.63 bits per heavy atom. The Morgan fingerprint density at radius 3 is 2.16 bits per heavy atom. The van der Waals surface area contributed by atoms with E-state index in [-0.39, 0.29) is 31.6 Å². The molecular formula is C12H18O7. The predicted molar refractivity (Wildman–Crippen MR) is 64.0 cm³/mol. The molecular weight excluding hydrogens is 256 g/mol. The summed E-state index contributed by atoms with van der Waals surface area (Å²) >= 11 is 0. The Balaban J connectivity index is 3.75. The van der Waals surface area contributed by atoms with Gasteiger partial charge in [0.05, 0.1) is 20.0 Å². The molecule has 1 unspecified atom stereocenters. The van der Waals surface area contributed by atoms with Gasteiger partial charge >= 0.3 is 17.9 Å². The molecule has 19 heavy (non-hydrogen) atoms. The van der Waals surface area contributed by atoms with Crippen molar-refractivity contribution in [2.45, 2.75) is 25.9 Å². The highest BCUT2D eigenvalue weighted by molar-refractivity contribution is 5.86. The van der Waals surface area contributed by atoms with Crippen molar-refractivity contribution in [2.24, 2.45) is 0 Å². The summed E-state index contributed by atoms with van der Waals surface area (Å²) in [6, 6.07) is 0. The molecule has 108 valence electrons. The zero-order valence-corrected chi connectivity index (χ0v) is 11.0. The third-order valence-electron chi connectivity index (χ3n) is 1.95. The maximum absolute atomic E-state index is 11.2. The Morgan fingerprint density at radius 1 is 1.11 bits per heavy atom. The van der Waals surface area contributed by atoms with Gasteiger partial charge in [0.2, 0.25) is 0 Å². The molecule has 0 aliphatic heterocycles. The molecule has 0 aromatic rings. The largest absolute Gasteiger partial charge is 0.469 e. The monoisotopic (exact) mass is 274 g/mol. The van der Waals surface area contributed by atoms with Gasteiger partial charge < -0.3 is 19.3 Å². The van der Waals surface area contributed by atoms with Crippen molar-refractivity contribution in [2.75, 3.05) is 20.3 Å². The van der Waals surface area contributed by atoms with E-state index in [1.807, 2.05) is 0 Å². The normalized spacial score (nSPS) is 11.3. The van der Waals surface area contributed by atoms with E-state index in [9.17, 15) is 19.5 Å². The van der Waals surface area contributed by atoms with Crippen LogP contribution in [-0.2, 0) is 28.6 Å². The fourth-order valence-electron chi connectivity index (χ4n) is 0.911. The number of aliphatic hydroxyl groups is 1. The van der Waals surface area contributed by atoms with Crippen LogP contribution in [0.2, 0.25) is 0 Å². The van der Waals surface area contributed by atoms with Gasteiger partial charge in [-0.2, -0.15) is 0 Å². The van der Waals surface area contributed by atoms with Crippen LogP contribution in [-0.4, -0.2) is 49.4 Å². The fourth-order valence-corrected chi connectivity index (χ4v) is 0.911. The van der Waals surface area contributed by atoms with Gasteiger partial charge in [-0.3, -0.25) is 9.59 Å². The molecule has 0 aromatic carbocycles. The number of hydrogen-bond acceptors (Lipinski definition) is 7. The van der Waals surface area contributed by atoms with Crippen LogP contribution in [0.5, 0.6) is 0 Å². The number of carbonyl (C=O) groups excluding carboxylic acids is 3. The number of hydrogen-bond donors (Lipinski definition) is 1. The molecule has 0 aliphatic rings. The Bertz CT molecular complexity index is 348. The number of ether oxygens (including phenoxy) is 3. The molecule has 0 rings (SSSR count). The van der Waals surface area contributed by atoms with Gasteiger partial charge in [-0.1, -0.05) is 6.58 Å². The highest BCUT2D eigenvalue weighted by atomic mass is 16.6. The van der Waals surface area contributed by atoms with E-state index in [1.54, 1.807) is 0 Å². The van der Waals surface area contributed by atoms with Crippen molar-refractivity contribution in [3.8, 4) is 0 Å². The van der Waals surface area contributed by atoms with E-state index in [4.69, 9.17) is 0 Å². The molecule has 0 saturated carbocycles. The van der Waals surface area contributed by atoms with Crippen molar-refractivity contribution in [1.82, 2.24) is 0 Å². The van der Waals surface area contributed by atoms with Gasteiger partial charge in [0, 0.05) is 5.57 Å². The minimum absolute atomic E-state index is 0.0872.